The number of aromatic nitrogens is 2. The number of rotatable bonds is 5. The molecule has 4 nitrogen and oxygen atoms in total. The Morgan fingerprint density at radius 2 is 2.07 bits per heavy atom. The van der Waals surface area contributed by atoms with E-state index in [1.165, 1.54) is 35.0 Å². The summed E-state index contributed by atoms with van der Waals surface area (Å²) in [6.45, 7) is 2.28. The van der Waals surface area contributed by atoms with Gasteiger partial charge in [-0.05, 0) is 55.9 Å². The fourth-order valence-corrected chi connectivity index (χ4v) is 6.15. The predicted octanol–water partition coefficient (Wildman–Crippen LogP) is 5.59. The number of aryl methyl sites for hydroxylation is 3. The van der Waals surface area contributed by atoms with Gasteiger partial charge in [0.05, 0.1) is 5.75 Å². The van der Waals surface area contributed by atoms with Crippen molar-refractivity contribution in [1.29, 1.82) is 0 Å². The molecule has 0 spiro atoms. The van der Waals surface area contributed by atoms with Crippen molar-refractivity contribution in [2.45, 2.75) is 44.2 Å². The van der Waals surface area contributed by atoms with Crippen LogP contribution in [0, 0.1) is 6.92 Å². The quantitative estimate of drug-likeness (QED) is 0.405. The highest BCUT2D eigenvalue weighted by atomic mass is 35.5. The average Bonchev–Trinajstić information content (AvgIpc) is 3.03. The van der Waals surface area contributed by atoms with E-state index < -0.39 is 0 Å². The molecule has 1 aromatic carbocycles. The van der Waals surface area contributed by atoms with Crippen LogP contribution in [0.4, 0.5) is 0 Å². The highest BCUT2D eigenvalue weighted by Crippen LogP contribution is 2.39. The van der Waals surface area contributed by atoms with Crippen molar-refractivity contribution in [1.82, 2.24) is 15.3 Å². The van der Waals surface area contributed by atoms with Crippen molar-refractivity contribution in [3.05, 3.63) is 50.1 Å². The zero-order valence-electron chi connectivity index (χ0n) is 15.3. The number of benzene rings is 1. The molecule has 0 bridgehead atoms. The summed E-state index contributed by atoms with van der Waals surface area (Å²) in [7, 11) is 0. The van der Waals surface area contributed by atoms with Gasteiger partial charge in [-0.3, -0.25) is 4.79 Å². The van der Waals surface area contributed by atoms with Gasteiger partial charge >= 0.3 is 0 Å². The van der Waals surface area contributed by atoms with Crippen LogP contribution >= 0.6 is 46.3 Å². The lowest BCUT2D eigenvalue weighted by atomic mass is 9.97. The monoisotopic (exact) mass is 451 g/mol. The fraction of sp³-hybridized carbons (Fsp3) is 0.350. The molecule has 1 amide bonds. The van der Waals surface area contributed by atoms with E-state index in [1.54, 1.807) is 23.5 Å². The maximum Gasteiger partial charge on any atom is 0.230 e. The van der Waals surface area contributed by atoms with E-state index in [2.05, 4.69) is 15.3 Å². The molecule has 0 unspecified atom stereocenters. The van der Waals surface area contributed by atoms with Crippen LogP contribution in [-0.4, -0.2) is 21.6 Å². The van der Waals surface area contributed by atoms with Crippen LogP contribution in [0.2, 0.25) is 10.0 Å². The second-order valence-electron chi connectivity index (χ2n) is 6.77. The lowest BCUT2D eigenvalue weighted by Crippen LogP contribution is -2.24. The van der Waals surface area contributed by atoms with Gasteiger partial charge in [-0.25, -0.2) is 9.97 Å². The van der Waals surface area contributed by atoms with E-state index in [4.69, 9.17) is 23.2 Å². The molecular weight excluding hydrogens is 433 g/mol. The first kappa shape index (κ1) is 20.0. The lowest BCUT2D eigenvalue weighted by Gasteiger charge is -2.12. The van der Waals surface area contributed by atoms with Crippen molar-refractivity contribution < 1.29 is 4.79 Å². The van der Waals surface area contributed by atoms with Gasteiger partial charge in [-0.1, -0.05) is 41.0 Å². The molecule has 1 aliphatic carbocycles. The number of nitrogens with zero attached hydrogens (tertiary/aromatic N) is 2. The van der Waals surface area contributed by atoms with Crippen LogP contribution in [0.15, 0.2) is 23.2 Å². The number of thioether (sulfide) groups is 1. The second-order valence-corrected chi connectivity index (χ2v) is 9.66. The molecule has 0 saturated heterocycles. The highest BCUT2D eigenvalue weighted by Gasteiger charge is 2.21. The number of carbonyl (C=O) groups is 1. The lowest BCUT2D eigenvalue weighted by molar-refractivity contribution is -0.118. The number of halogens is 2. The molecule has 0 radical (unpaired) electrons. The van der Waals surface area contributed by atoms with Crippen LogP contribution in [0.25, 0.3) is 10.2 Å². The first-order valence-corrected chi connectivity index (χ1v) is 11.7. The van der Waals surface area contributed by atoms with Gasteiger partial charge in [0.15, 0.2) is 0 Å². The van der Waals surface area contributed by atoms with Gasteiger partial charge in [0.25, 0.3) is 0 Å². The van der Waals surface area contributed by atoms with Crippen LogP contribution < -0.4 is 5.32 Å². The number of nitrogens with one attached hydrogen (secondary N) is 1. The molecule has 2 aromatic heterocycles. The largest absolute Gasteiger partial charge is 0.351 e. The minimum Gasteiger partial charge on any atom is -0.351 e. The molecule has 3 aromatic rings. The maximum atomic E-state index is 12.4. The Balaban J connectivity index is 1.46. The summed E-state index contributed by atoms with van der Waals surface area (Å²) >= 11 is 15.3. The first-order chi connectivity index (χ1) is 13.5. The number of hydrogen-bond donors (Lipinski definition) is 1. The Labute approximate surface area is 182 Å². The Bertz CT molecular complexity index is 1050. The van der Waals surface area contributed by atoms with Gasteiger partial charge < -0.3 is 5.32 Å². The molecule has 4 rings (SSSR count). The molecule has 146 valence electrons. The topological polar surface area (TPSA) is 54.9 Å². The summed E-state index contributed by atoms with van der Waals surface area (Å²) < 4.78 is 0. The SMILES string of the molecule is Cc1nc(SCC(=O)NCc2ccc(Cl)cc2Cl)c2c3c(sc2n1)CCCC3. The third kappa shape index (κ3) is 4.30. The second kappa shape index (κ2) is 8.57. The summed E-state index contributed by atoms with van der Waals surface area (Å²) in [6, 6.07) is 5.27. The van der Waals surface area contributed by atoms with Crippen molar-refractivity contribution in [2.75, 3.05) is 5.75 Å². The summed E-state index contributed by atoms with van der Waals surface area (Å²) in [5, 5.41) is 6.13. The maximum absolute atomic E-state index is 12.4. The predicted molar refractivity (Wildman–Crippen MR) is 118 cm³/mol. The Morgan fingerprint density at radius 1 is 1.25 bits per heavy atom. The van der Waals surface area contributed by atoms with Crippen LogP contribution in [0.3, 0.4) is 0 Å². The summed E-state index contributed by atoms with van der Waals surface area (Å²) in [4.78, 5) is 24.1. The standard InChI is InChI=1S/C20H19Cl2N3OS2/c1-11-24-19(18-14-4-2-3-5-16(14)28-20(18)25-11)27-10-17(26)23-9-12-6-7-13(21)8-15(12)22/h6-8H,2-5,9-10H2,1H3,(H,23,26). The molecular formula is C20H19Cl2N3OS2. The minimum atomic E-state index is -0.0514. The van der Waals surface area contributed by atoms with E-state index in [1.807, 2.05) is 13.0 Å². The third-order valence-corrected chi connectivity index (χ3v) is 7.47. The van der Waals surface area contributed by atoms with Crippen LogP contribution in [-0.2, 0) is 24.2 Å². The van der Waals surface area contributed by atoms with Crippen molar-refractivity contribution >= 4 is 62.4 Å². The van der Waals surface area contributed by atoms with Crippen LogP contribution in [0.5, 0.6) is 0 Å². The number of hydrogen-bond acceptors (Lipinski definition) is 5. The van der Waals surface area contributed by atoms with E-state index in [9.17, 15) is 4.79 Å². The molecule has 28 heavy (non-hydrogen) atoms. The smallest absolute Gasteiger partial charge is 0.230 e. The molecule has 1 N–H and O–H groups in total. The highest BCUT2D eigenvalue weighted by molar-refractivity contribution is 8.00. The molecule has 0 atom stereocenters. The van der Waals surface area contributed by atoms with Crippen molar-refractivity contribution in [3.8, 4) is 0 Å². The normalized spacial score (nSPS) is 13.5. The Hall–Kier alpha value is -1.34. The minimum absolute atomic E-state index is 0.0514. The number of amides is 1. The van der Waals surface area contributed by atoms with Gasteiger partial charge in [-0.2, -0.15) is 0 Å². The van der Waals surface area contributed by atoms with E-state index in [-0.39, 0.29) is 5.91 Å². The van der Waals surface area contributed by atoms with E-state index >= 15 is 0 Å². The molecule has 0 saturated carbocycles. The Morgan fingerprint density at radius 3 is 2.89 bits per heavy atom. The Kier molecular flexibility index (Phi) is 6.11. The fourth-order valence-electron chi connectivity index (χ4n) is 3.37. The van der Waals surface area contributed by atoms with Crippen molar-refractivity contribution in [2.24, 2.45) is 0 Å². The zero-order chi connectivity index (χ0) is 19.7. The van der Waals surface area contributed by atoms with Gasteiger partial charge in [0, 0.05) is 26.9 Å². The molecule has 8 heteroatoms. The average molecular weight is 452 g/mol. The first-order valence-electron chi connectivity index (χ1n) is 9.13. The van der Waals surface area contributed by atoms with Gasteiger partial charge in [0.1, 0.15) is 15.7 Å². The van der Waals surface area contributed by atoms with E-state index in [0.29, 0.717) is 22.3 Å². The third-order valence-electron chi connectivity index (χ3n) is 4.72. The summed E-state index contributed by atoms with van der Waals surface area (Å²) in [5.41, 5.74) is 2.23. The van der Waals surface area contributed by atoms with E-state index in [0.717, 1.165) is 39.5 Å². The summed E-state index contributed by atoms with van der Waals surface area (Å²) in [6.07, 6.45) is 4.65. The summed E-state index contributed by atoms with van der Waals surface area (Å²) in [5.74, 6) is 1.01. The van der Waals surface area contributed by atoms with Crippen molar-refractivity contribution in [3.63, 3.8) is 0 Å². The molecule has 0 fully saturated rings. The van der Waals surface area contributed by atoms with Crippen LogP contribution in [0.1, 0.15) is 34.7 Å². The van der Waals surface area contributed by atoms with Gasteiger partial charge in [0.2, 0.25) is 5.91 Å². The number of fused-ring (bicyclic) bond motifs is 3. The molecule has 1 aliphatic rings. The molecule has 2 heterocycles. The van der Waals surface area contributed by atoms with Gasteiger partial charge in [-0.15, -0.1) is 11.3 Å². The molecule has 0 aliphatic heterocycles. The number of carbonyl (C=O) groups excluding carboxylic acids is 1. The number of thiophene rings is 1. The zero-order valence-corrected chi connectivity index (χ0v) is 18.5.